The number of hydrogen-bond acceptors (Lipinski definition) is 6. The van der Waals surface area contributed by atoms with Gasteiger partial charge in [0, 0.05) is 36.3 Å². The number of ketones is 1. The zero-order chi connectivity index (χ0) is 27.5. The molecule has 2 aliphatic heterocycles. The number of allylic oxidation sites excluding steroid dienone is 1. The van der Waals surface area contributed by atoms with Gasteiger partial charge in [-0.2, -0.15) is 0 Å². The lowest BCUT2D eigenvalue weighted by atomic mass is 9.79. The highest BCUT2D eigenvalue weighted by Crippen LogP contribution is 2.37. The van der Waals surface area contributed by atoms with E-state index in [1.807, 2.05) is 67.0 Å². The molecule has 3 aromatic rings. The van der Waals surface area contributed by atoms with Crippen LogP contribution < -0.4 is 15.4 Å². The Hall–Kier alpha value is -4.33. The van der Waals surface area contributed by atoms with E-state index in [9.17, 15) is 9.59 Å². The highest BCUT2D eigenvalue weighted by atomic mass is 35.5. The third-order valence-corrected chi connectivity index (χ3v) is 7.67. The molecule has 2 N–H and O–H groups in total. The highest BCUT2D eigenvalue weighted by molar-refractivity contribution is 6.09. The first-order chi connectivity index (χ1) is 19.6. The lowest BCUT2D eigenvalue weighted by Crippen LogP contribution is -2.48. The summed E-state index contributed by atoms with van der Waals surface area (Å²) in [6.07, 6.45) is 8.70. The van der Waals surface area contributed by atoms with Crippen LogP contribution in [0.5, 0.6) is 5.75 Å². The van der Waals surface area contributed by atoms with Gasteiger partial charge in [0.15, 0.2) is 5.78 Å². The minimum atomic E-state index is -0.287. The largest absolute Gasteiger partial charge is 0.496 e. The summed E-state index contributed by atoms with van der Waals surface area (Å²) in [5.74, 6) is -0.0732. The van der Waals surface area contributed by atoms with Crippen LogP contribution in [-0.2, 0) is 4.74 Å². The van der Waals surface area contributed by atoms with Crippen molar-refractivity contribution in [2.24, 2.45) is 5.92 Å². The normalized spacial score (nSPS) is 19.2. The number of fused-ring (bicyclic) bond motifs is 3. The Morgan fingerprint density at radius 1 is 1.00 bits per heavy atom. The summed E-state index contributed by atoms with van der Waals surface area (Å²) >= 11 is 0. The van der Waals surface area contributed by atoms with Crippen molar-refractivity contribution in [1.29, 1.82) is 0 Å². The summed E-state index contributed by atoms with van der Waals surface area (Å²) in [4.78, 5) is 29.7. The van der Waals surface area contributed by atoms with Gasteiger partial charge in [-0.3, -0.25) is 9.59 Å². The first-order valence-corrected chi connectivity index (χ1v) is 13.5. The predicted octanol–water partition coefficient (Wildman–Crippen LogP) is 5.82. The average Bonchev–Trinajstić information content (AvgIpc) is 3.20. The average molecular weight is 570 g/mol. The zero-order valence-corrected chi connectivity index (χ0v) is 23.5. The molecule has 7 nitrogen and oxygen atoms in total. The Balaban J connectivity index is 0.00000337. The van der Waals surface area contributed by atoms with E-state index >= 15 is 0 Å². The Labute approximate surface area is 245 Å². The molecule has 8 heteroatoms. The van der Waals surface area contributed by atoms with E-state index < -0.39 is 0 Å². The van der Waals surface area contributed by atoms with Crippen LogP contribution in [0.3, 0.4) is 0 Å². The van der Waals surface area contributed by atoms with E-state index in [0.29, 0.717) is 42.2 Å². The maximum Gasteiger partial charge on any atom is 0.256 e. The number of carbonyl (C=O) groups is 2. The lowest BCUT2D eigenvalue weighted by molar-refractivity contribution is 0.0454. The van der Waals surface area contributed by atoms with Gasteiger partial charge in [-0.1, -0.05) is 60.7 Å². The summed E-state index contributed by atoms with van der Waals surface area (Å²) < 4.78 is 11.4. The molecule has 3 aliphatic rings. The number of methoxy groups -OCH3 is 1. The van der Waals surface area contributed by atoms with Crippen LogP contribution in [0.4, 0.5) is 5.69 Å². The molecule has 0 spiro atoms. The molecule has 2 unspecified atom stereocenters. The molecule has 0 bridgehead atoms. The van der Waals surface area contributed by atoms with Gasteiger partial charge in [0.1, 0.15) is 5.75 Å². The first-order valence-electron chi connectivity index (χ1n) is 13.5. The van der Waals surface area contributed by atoms with Gasteiger partial charge in [0.25, 0.3) is 5.91 Å². The van der Waals surface area contributed by atoms with Crippen LogP contribution in [0, 0.1) is 5.92 Å². The summed E-state index contributed by atoms with van der Waals surface area (Å²) in [6, 6.07) is 22.5. The second-order valence-electron chi connectivity index (χ2n) is 10.0. The minimum Gasteiger partial charge on any atom is -0.496 e. The molecular formula is C33H32ClN3O4. The van der Waals surface area contributed by atoms with E-state index in [1.54, 1.807) is 25.3 Å². The first kappa shape index (κ1) is 28.2. The number of rotatable bonds is 6. The van der Waals surface area contributed by atoms with Crippen molar-refractivity contribution in [3.05, 3.63) is 120 Å². The van der Waals surface area contributed by atoms with E-state index in [-0.39, 0.29) is 36.1 Å². The van der Waals surface area contributed by atoms with E-state index in [1.165, 1.54) is 0 Å². The molecular weight excluding hydrogens is 538 g/mol. The Morgan fingerprint density at radius 3 is 2.63 bits per heavy atom. The van der Waals surface area contributed by atoms with Gasteiger partial charge < -0.3 is 25.0 Å². The Bertz CT molecular complexity index is 1530. The van der Waals surface area contributed by atoms with Gasteiger partial charge in [-0.25, -0.2) is 0 Å². The van der Waals surface area contributed by atoms with Crippen LogP contribution in [0.2, 0.25) is 0 Å². The Morgan fingerprint density at radius 2 is 1.80 bits per heavy atom. The van der Waals surface area contributed by atoms with Gasteiger partial charge in [0.05, 0.1) is 43.5 Å². The predicted molar refractivity (Wildman–Crippen MR) is 162 cm³/mol. The van der Waals surface area contributed by atoms with Crippen molar-refractivity contribution in [3.8, 4) is 16.9 Å². The number of Topliss-reactive ketones (excluding diaryl/α,β-unsaturated/α-hetero) is 1. The third-order valence-electron chi connectivity index (χ3n) is 7.67. The van der Waals surface area contributed by atoms with E-state index in [0.717, 1.165) is 28.9 Å². The number of nitrogens with zero attached hydrogens (tertiary/aromatic N) is 1. The quantitative estimate of drug-likeness (QED) is 0.364. The maximum atomic E-state index is 14.1. The van der Waals surface area contributed by atoms with Gasteiger partial charge in [-0.15, -0.1) is 12.4 Å². The van der Waals surface area contributed by atoms with Crippen molar-refractivity contribution < 1.29 is 19.1 Å². The van der Waals surface area contributed by atoms with Crippen LogP contribution in [0.1, 0.15) is 27.1 Å². The van der Waals surface area contributed by atoms with Crippen LogP contribution in [-0.4, -0.2) is 49.5 Å². The summed E-state index contributed by atoms with van der Waals surface area (Å²) in [7, 11) is 1.55. The number of nitrogens with one attached hydrogen (secondary N) is 2. The monoisotopic (exact) mass is 569 g/mol. The Kier molecular flexibility index (Phi) is 8.57. The fraction of sp³-hybridized carbons (Fsp3) is 0.212. The summed E-state index contributed by atoms with van der Waals surface area (Å²) in [5, 5.41) is 6.24. The number of halogens is 1. The number of morpholine rings is 1. The fourth-order valence-corrected chi connectivity index (χ4v) is 5.76. The van der Waals surface area contributed by atoms with Crippen molar-refractivity contribution in [1.82, 2.24) is 10.2 Å². The number of hydrogen-bond donors (Lipinski definition) is 2. The van der Waals surface area contributed by atoms with Crippen LogP contribution in [0.25, 0.3) is 11.1 Å². The van der Waals surface area contributed by atoms with Crippen LogP contribution >= 0.6 is 12.4 Å². The van der Waals surface area contributed by atoms with Gasteiger partial charge >= 0.3 is 0 Å². The van der Waals surface area contributed by atoms with E-state index in [2.05, 4.69) is 27.7 Å². The van der Waals surface area contributed by atoms with Gasteiger partial charge in [-0.05, 0) is 41.3 Å². The summed E-state index contributed by atoms with van der Waals surface area (Å²) in [6.45, 7) is 1.86. The molecule has 1 fully saturated rings. The van der Waals surface area contributed by atoms with Crippen molar-refractivity contribution in [2.75, 3.05) is 32.2 Å². The second-order valence-corrected chi connectivity index (χ2v) is 10.0. The topological polar surface area (TPSA) is 79.9 Å². The number of ether oxygens (including phenoxy) is 2. The molecule has 0 saturated carbocycles. The molecule has 2 heterocycles. The molecule has 3 aromatic carbocycles. The molecule has 0 radical (unpaired) electrons. The van der Waals surface area contributed by atoms with Gasteiger partial charge in [0.2, 0.25) is 0 Å². The molecule has 6 rings (SSSR count). The highest BCUT2D eigenvalue weighted by Gasteiger charge is 2.39. The molecule has 1 saturated heterocycles. The molecule has 41 heavy (non-hydrogen) atoms. The second kappa shape index (κ2) is 12.5. The summed E-state index contributed by atoms with van der Waals surface area (Å²) in [5.41, 5.74) is 5.55. The maximum absolute atomic E-state index is 14.1. The minimum absolute atomic E-state index is 0. The zero-order valence-electron chi connectivity index (χ0n) is 22.7. The number of carbonyl (C=O) groups excluding carboxylic acids is 2. The lowest BCUT2D eigenvalue weighted by Gasteiger charge is -2.42. The standard InChI is InChI=1S/C33H31N3O4.ClH/c1-39-30-18-24(35-33(38)27-12-6-5-11-26(27)22-8-3-2-4-9-22)14-15-28(30)32(37)29-13-7-10-23-19-34-20-25-21-40-17-16-36(25)31(23)29;/h2-12,14-15,18-20,29,31,34H,13,16-17,21H2,1H3,(H,35,38);1H. The molecule has 2 atom stereocenters. The van der Waals surface area contributed by atoms with Crippen molar-refractivity contribution in [3.63, 3.8) is 0 Å². The van der Waals surface area contributed by atoms with E-state index in [4.69, 9.17) is 9.47 Å². The fourth-order valence-electron chi connectivity index (χ4n) is 5.76. The molecule has 1 amide bonds. The molecule has 0 aromatic heterocycles. The number of amides is 1. The molecule has 210 valence electrons. The van der Waals surface area contributed by atoms with Crippen molar-refractivity contribution in [2.45, 2.75) is 12.5 Å². The van der Waals surface area contributed by atoms with Crippen LogP contribution in [0.15, 0.2) is 109 Å². The third kappa shape index (κ3) is 5.64. The molecule has 1 aliphatic carbocycles. The smallest absolute Gasteiger partial charge is 0.256 e. The van der Waals surface area contributed by atoms with Crippen molar-refractivity contribution >= 4 is 29.8 Å². The number of benzene rings is 3. The number of anilines is 1. The SMILES string of the molecule is COc1cc(NC(=O)c2ccccc2-c2ccccc2)ccc1C(=O)C1CC=CC2=CNC=C3COCCN3C21.Cl.